The highest BCUT2D eigenvalue weighted by Crippen LogP contribution is 2.77. The Balaban J connectivity index is 1.22. The summed E-state index contributed by atoms with van der Waals surface area (Å²) in [7, 11) is 0. The van der Waals surface area contributed by atoms with Gasteiger partial charge < -0.3 is 9.64 Å². The van der Waals surface area contributed by atoms with Gasteiger partial charge in [0.25, 0.3) is 0 Å². The molecular formula is C37H30BNO. The normalized spacial score (nSPS) is 32.9. The second kappa shape index (κ2) is 7.60. The molecule has 3 aromatic carbocycles. The highest BCUT2D eigenvalue weighted by atomic mass is 16.5. The summed E-state index contributed by atoms with van der Waals surface area (Å²) in [5, 5.41) is 0. The molecule has 1 fully saturated rings. The van der Waals surface area contributed by atoms with E-state index in [0.29, 0.717) is 30.3 Å². The van der Waals surface area contributed by atoms with Crippen molar-refractivity contribution >= 4 is 23.6 Å². The maximum Gasteiger partial charge on any atom is 0.226 e. The summed E-state index contributed by atoms with van der Waals surface area (Å²) in [4.78, 5) is 2.72. The van der Waals surface area contributed by atoms with Gasteiger partial charge in [0, 0.05) is 29.0 Å². The third kappa shape index (κ3) is 2.58. The molecule has 3 heteroatoms. The fraction of sp³-hybridized carbons (Fsp3) is 0.243. The zero-order chi connectivity index (χ0) is 26.0. The summed E-state index contributed by atoms with van der Waals surface area (Å²) in [6.45, 7) is 0.314. The first-order valence-corrected chi connectivity index (χ1v) is 15.1. The number of rotatable bonds is 2. The Morgan fingerprint density at radius 2 is 1.75 bits per heavy atom. The van der Waals surface area contributed by atoms with Gasteiger partial charge in [0.2, 0.25) is 6.71 Å². The lowest BCUT2D eigenvalue weighted by atomic mass is 9.27. The molecule has 0 aromatic heterocycles. The zero-order valence-corrected chi connectivity index (χ0v) is 22.4. The van der Waals surface area contributed by atoms with Gasteiger partial charge in [-0.2, -0.15) is 0 Å². The van der Waals surface area contributed by atoms with Crippen LogP contribution in [-0.2, 0) is 4.74 Å². The lowest BCUT2D eigenvalue weighted by Crippen LogP contribution is -2.59. The maximum absolute atomic E-state index is 6.93. The van der Waals surface area contributed by atoms with Gasteiger partial charge in [-0.15, -0.1) is 0 Å². The minimum atomic E-state index is -0.0204. The highest BCUT2D eigenvalue weighted by molar-refractivity contribution is 6.84. The molecule has 6 atom stereocenters. The van der Waals surface area contributed by atoms with Crippen molar-refractivity contribution < 1.29 is 4.74 Å². The molecule has 3 heterocycles. The van der Waals surface area contributed by atoms with Crippen LogP contribution in [-0.4, -0.2) is 18.4 Å². The average Bonchev–Trinajstić information content (AvgIpc) is 3.59. The predicted octanol–water partition coefficient (Wildman–Crippen LogP) is 7.66. The second-order valence-electron chi connectivity index (χ2n) is 12.6. The van der Waals surface area contributed by atoms with Gasteiger partial charge in [-0.3, -0.25) is 0 Å². The number of ether oxygens (including phenoxy) is 1. The van der Waals surface area contributed by atoms with Crippen LogP contribution in [0.3, 0.4) is 0 Å². The Labute approximate surface area is 236 Å². The van der Waals surface area contributed by atoms with Crippen molar-refractivity contribution in [3.05, 3.63) is 138 Å². The molecule has 0 bridgehead atoms. The van der Waals surface area contributed by atoms with E-state index in [1.807, 2.05) is 0 Å². The van der Waals surface area contributed by atoms with Crippen molar-refractivity contribution in [1.82, 2.24) is 0 Å². The van der Waals surface area contributed by atoms with E-state index >= 15 is 0 Å². The number of benzene rings is 3. The van der Waals surface area contributed by atoms with Crippen LogP contribution in [0.2, 0.25) is 5.82 Å². The number of nitrogens with zero attached hydrogens (tertiary/aromatic N) is 1. The van der Waals surface area contributed by atoms with Crippen LogP contribution in [0.1, 0.15) is 30.7 Å². The monoisotopic (exact) mass is 515 g/mol. The summed E-state index contributed by atoms with van der Waals surface area (Å²) in [6, 6.07) is 27.3. The lowest BCUT2D eigenvalue weighted by molar-refractivity contribution is 0.154. The van der Waals surface area contributed by atoms with Gasteiger partial charge in [0.1, 0.15) is 11.9 Å². The first-order valence-electron chi connectivity index (χ1n) is 15.1. The van der Waals surface area contributed by atoms with Crippen molar-refractivity contribution in [3.8, 4) is 11.1 Å². The molecule has 0 N–H and O–H groups in total. The number of para-hydroxylation sites is 1. The Kier molecular flexibility index (Phi) is 4.14. The Morgan fingerprint density at radius 1 is 0.850 bits per heavy atom. The van der Waals surface area contributed by atoms with Gasteiger partial charge in [-0.25, -0.2) is 0 Å². The summed E-state index contributed by atoms with van der Waals surface area (Å²) < 4.78 is 6.93. The second-order valence-corrected chi connectivity index (χ2v) is 12.6. The molecule has 1 saturated carbocycles. The average molecular weight is 515 g/mol. The van der Waals surface area contributed by atoms with Gasteiger partial charge >= 0.3 is 0 Å². The molecule has 6 unspecified atom stereocenters. The topological polar surface area (TPSA) is 12.5 Å². The number of fused-ring (bicyclic) bond motifs is 9. The SMILES string of the molecule is C1=CCC(C2=CC3B4C5=C(C=CC6C7c8ccccc8N(c8ccc(-c9ccccc9)cc84)C567)OC3C=C2)CC1. The third-order valence-corrected chi connectivity index (χ3v) is 10.9. The van der Waals surface area contributed by atoms with E-state index in [9.17, 15) is 0 Å². The van der Waals surface area contributed by atoms with E-state index < -0.39 is 0 Å². The molecule has 40 heavy (non-hydrogen) atoms. The van der Waals surface area contributed by atoms with E-state index in [1.54, 1.807) is 0 Å². The standard InChI is InChI=1S/C37H30BNO/c1-3-9-23(10-4-1)25-15-18-32-29(21-25)38-30-22-26(24-11-5-2-6-12-24)16-19-33(30)40-34-20-17-28-35-27-13-7-8-14-31(27)39(32)37(28,35)36(34)38/h1-5,7-10,13-22,24,28,30,33,35H,6,11-12H2. The van der Waals surface area contributed by atoms with Gasteiger partial charge in [-0.1, -0.05) is 91.0 Å². The van der Waals surface area contributed by atoms with Crippen LogP contribution in [0.4, 0.5) is 11.4 Å². The van der Waals surface area contributed by atoms with Crippen LogP contribution in [0.5, 0.6) is 0 Å². The number of hydrogen-bond acceptors (Lipinski definition) is 2. The molecule has 0 radical (unpaired) electrons. The van der Waals surface area contributed by atoms with E-state index in [0.717, 1.165) is 12.2 Å². The molecule has 1 spiro atoms. The Morgan fingerprint density at radius 3 is 2.65 bits per heavy atom. The van der Waals surface area contributed by atoms with Crippen LogP contribution < -0.4 is 10.4 Å². The third-order valence-electron chi connectivity index (χ3n) is 10.9. The Hall–Kier alpha value is -3.98. The number of hydrogen-bond donors (Lipinski definition) is 0. The fourth-order valence-corrected chi connectivity index (χ4v) is 9.31. The summed E-state index contributed by atoms with van der Waals surface area (Å²) in [5.74, 6) is 3.07. The molecule has 0 amide bonds. The van der Waals surface area contributed by atoms with Crippen molar-refractivity contribution in [2.24, 2.45) is 11.8 Å². The first-order chi connectivity index (χ1) is 19.8. The molecule has 2 nitrogen and oxygen atoms in total. The quantitative estimate of drug-likeness (QED) is 0.257. The fourth-order valence-electron chi connectivity index (χ4n) is 9.31. The molecule has 0 saturated heterocycles. The summed E-state index contributed by atoms with van der Waals surface area (Å²) in [6.07, 6.45) is 20.6. The maximum atomic E-state index is 6.93. The molecule has 192 valence electrons. The lowest BCUT2D eigenvalue weighted by Gasteiger charge is -2.50. The molecule has 4 aliphatic carbocycles. The largest absolute Gasteiger partial charge is 0.487 e. The number of anilines is 2. The molecule has 3 aromatic rings. The highest BCUT2D eigenvalue weighted by Gasteiger charge is 2.78. The van der Waals surface area contributed by atoms with E-state index in [2.05, 4.69) is 120 Å². The molecule has 10 rings (SSSR count). The van der Waals surface area contributed by atoms with Crippen molar-refractivity contribution in [1.29, 1.82) is 0 Å². The van der Waals surface area contributed by atoms with Gasteiger partial charge in [0.15, 0.2) is 0 Å². The molecule has 3 aliphatic heterocycles. The first kappa shape index (κ1) is 21.8. The number of allylic oxidation sites excluding steroid dienone is 5. The Bertz CT molecular complexity index is 1760. The molecule has 7 aliphatic rings. The minimum Gasteiger partial charge on any atom is -0.487 e. The zero-order valence-electron chi connectivity index (χ0n) is 22.4. The van der Waals surface area contributed by atoms with Crippen LogP contribution in [0, 0.1) is 11.8 Å². The van der Waals surface area contributed by atoms with Gasteiger partial charge in [-0.05, 0) is 82.7 Å². The van der Waals surface area contributed by atoms with Crippen LogP contribution in [0.15, 0.2) is 132 Å². The van der Waals surface area contributed by atoms with Crippen molar-refractivity contribution in [2.75, 3.05) is 4.90 Å². The van der Waals surface area contributed by atoms with E-state index in [4.69, 9.17) is 4.74 Å². The van der Waals surface area contributed by atoms with Gasteiger partial charge in [0.05, 0.1) is 5.54 Å². The smallest absolute Gasteiger partial charge is 0.226 e. The summed E-state index contributed by atoms with van der Waals surface area (Å²) >= 11 is 0. The molecular weight excluding hydrogens is 485 g/mol. The van der Waals surface area contributed by atoms with E-state index in [1.165, 1.54) is 57.4 Å². The van der Waals surface area contributed by atoms with Crippen molar-refractivity contribution in [3.63, 3.8) is 0 Å². The van der Waals surface area contributed by atoms with Crippen LogP contribution >= 0.6 is 0 Å². The predicted molar refractivity (Wildman–Crippen MR) is 163 cm³/mol. The summed E-state index contributed by atoms with van der Waals surface area (Å²) in [5.41, 5.74) is 11.4. The minimum absolute atomic E-state index is 0.0204. The van der Waals surface area contributed by atoms with E-state index in [-0.39, 0.29) is 11.6 Å². The van der Waals surface area contributed by atoms with Crippen molar-refractivity contribution in [2.45, 2.75) is 42.6 Å². The van der Waals surface area contributed by atoms with Crippen LogP contribution in [0.25, 0.3) is 11.1 Å².